The molecular weight excluding hydrogens is 330 g/mol. The Morgan fingerprint density at radius 3 is 2.46 bits per heavy atom. The number of hydrogen-bond acceptors (Lipinski definition) is 4. The molecular formula is C19H29N5O2. The first kappa shape index (κ1) is 17.5. The summed E-state index contributed by atoms with van der Waals surface area (Å²) in [7, 11) is 2.08. The topological polar surface area (TPSA) is 70.5 Å². The number of likely N-dealkylation sites (N-methyl/N-ethyl adjacent to an activating group) is 1. The Labute approximate surface area is 154 Å². The number of aromatic nitrogens is 2. The van der Waals surface area contributed by atoms with Crippen LogP contribution in [0.25, 0.3) is 0 Å². The molecule has 1 aliphatic carbocycles. The van der Waals surface area contributed by atoms with Crippen molar-refractivity contribution in [2.45, 2.75) is 57.5 Å². The van der Waals surface area contributed by atoms with Crippen molar-refractivity contribution in [1.29, 1.82) is 0 Å². The number of carbonyl (C=O) groups is 2. The van der Waals surface area contributed by atoms with Gasteiger partial charge in [0.25, 0.3) is 11.8 Å². The van der Waals surface area contributed by atoms with Gasteiger partial charge < -0.3 is 19.7 Å². The molecule has 26 heavy (non-hydrogen) atoms. The largest absolute Gasteiger partial charge is 0.347 e. The molecule has 142 valence electrons. The molecule has 7 heteroatoms. The maximum absolute atomic E-state index is 13.1. The number of hydrogen-bond donors (Lipinski definition) is 1. The first-order chi connectivity index (χ1) is 12.6. The van der Waals surface area contributed by atoms with E-state index in [-0.39, 0.29) is 17.9 Å². The third-order valence-corrected chi connectivity index (χ3v) is 6.00. The molecule has 3 aliphatic rings. The van der Waals surface area contributed by atoms with Gasteiger partial charge in [-0.2, -0.15) is 0 Å². The summed E-state index contributed by atoms with van der Waals surface area (Å²) in [5.41, 5.74) is 1.46. The van der Waals surface area contributed by atoms with E-state index in [1.165, 1.54) is 12.8 Å². The van der Waals surface area contributed by atoms with Crippen LogP contribution < -0.4 is 5.32 Å². The molecule has 7 nitrogen and oxygen atoms in total. The summed E-state index contributed by atoms with van der Waals surface area (Å²) >= 11 is 0. The third kappa shape index (κ3) is 3.37. The zero-order valence-electron chi connectivity index (χ0n) is 15.7. The molecule has 4 rings (SSSR count). The van der Waals surface area contributed by atoms with Gasteiger partial charge in [-0.15, -0.1) is 0 Å². The first-order valence-electron chi connectivity index (χ1n) is 10.0. The summed E-state index contributed by atoms with van der Waals surface area (Å²) in [5, 5.41) is 3.13. The Morgan fingerprint density at radius 2 is 1.73 bits per heavy atom. The van der Waals surface area contributed by atoms with E-state index in [0.29, 0.717) is 11.5 Å². The van der Waals surface area contributed by atoms with Gasteiger partial charge in [0.2, 0.25) is 0 Å². The Balaban J connectivity index is 1.57. The lowest BCUT2D eigenvalue weighted by molar-refractivity contribution is 0.0657. The van der Waals surface area contributed by atoms with Crippen molar-refractivity contribution in [2.75, 3.05) is 33.2 Å². The van der Waals surface area contributed by atoms with Crippen LogP contribution in [-0.4, -0.2) is 70.4 Å². The molecule has 1 aromatic heterocycles. The predicted molar refractivity (Wildman–Crippen MR) is 98.3 cm³/mol. The minimum Gasteiger partial charge on any atom is -0.347 e. The highest BCUT2D eigenvalue weighted by Crippen LogP contribution is 2.24. The summed E-state index contributed by atoms with van der Waals surface area (Å²) in [6, 6.07) is 0.260. The van der Waals surface area contributed by atoms with Crippen LogP contribution in [-0.2, 0) is 13.0 Å². The second-order valence-electron chi connectivity index (χ2n) is 7.89. The Hall–Kier alpha value is -1.89. The van der Waals surface area contributed by atoms with E-state index >= 15 is 0 Å². The van der Waals surface area contributed by atoms with Crippen molar-refractivity contribution < 1.29 is 9.59 Å². The molecule has 1 N–H and O–H groups in total. The standard InChI is InChI=1S/C19H29N5O2/c1-22-10-12-23(13-11-22)19(26)16-15-8-4-5-9-24(15)17(21-16)18(25)20-14-6-2-3-7-14/h14H,2-13H2,1H3,(H,20,25). The van der Waals surface area contributed by atoms with E-state index in [0.717, 1.165) is 70.5 Å². The normalized spacial score (nSPS) is 21.7. The fourth-order valence-corrected chi connectivity index (χ4v) is 4.37. The molecule has 0 bridgehead atoms. The van der Waals surface area contributed by atoms with Crippen molar-refractivity contribution in [2.24, 2.45) is 0 Å². The number of nitrogens with one attached hydrogen (secondary N) is 1. The molecule has 0 radical (unpaired) electrons. The van der Waals surface area contributed by atoms with Gasteiger partial charge >= 0.3 is 0 Å². The number of imidazole rings is 1. The van der Waals surface area contributed by atoms with Crippen molar-refractivity contribution in [3.8, 4) is 0 Å². The quantitative estimate of drug-likeness (QED) is 0.883. The fourth-order valence-electron chi connectivity index (χ4n) is 4.37. The molecule has 0 unspecified atom stereocenters. The van der Waals surface area contributed by atoms with E-state index in [1.54, 1.807) is 0 Å². The van der Waals surface area contributed by atoms with E-state index in [4.69, 9.17) is 0 Å². The van der Waals surface area contributed by atoms with Crippen LogP contribution in [0.3, 0.4) is 0 Å². The van der Waals surface area contributed by atoms with Crippen LogP contribution in [0.4, 0.5) is 0 Å². The highest BCUT2D eigenvalue weighted by molar-refractivity contribution is 5.97. The molecule has 2 aliphatic heterocycles. The summed E-state index contributed by atoms with van der Waals surface area (Å²) in [6.07, 6.45) is 7.38. The van der Waals surface area contributed by atoms with Crippen molar-refractivity contribution in [3.63, 3.8) is 0 Å². The number of amides is 2. The van der Waals surface area contributed by atoms with Crippen molar-refractivity contribution in [1.82, 2.24) is 24.7 Å². The molecule has 0 atom stereocenters. The van der Waals surface area contributed by atoms with Crippen LogP contribution in [0.15, 0.2) is 0 Å². The summed E-state index contributed by atoms with van der Waals surface area (Å²) in [5.74, 6) is 0.310. The third-order valence-electron chi connectivity index (χ3n) is 6.00. The second-order valence-corrected chi connectivity index (χ2v) is 7.89. The highest BCUT2D eigenvalue weighted by Gasteiger charge is 2.31. The first-order valence-corrected chi connectivity index (χ1v) is 10.0. The smallest absolute Gasteiger partial charge is 0.287 e. The van der Waals surface area contributed by atoms with Gasteiger partial charge in [-0.1, -0.05) is 12.8 Å². The molecule has 1 saturated heterocycles. The zero-order chi connectivity index (χ0) is 18.1. The monoisotopic (exact) mass is 359 g/mol. The van der Waals surface area contributed by atoms with Crippen molar-refractivity contribution in [3.05, 3.63) is 17.2 Å². The van der Waals surface area contributed by atoms with E-state index in [2.05, 4.69) is 22.2 Å². The van der Waals surface area contributed by atoms with Crippen LogP contribution >= 0.6 is 0 Å². The average molecular weight is 359 g/mol. The molecule has 2 fully saturated rings. The van der Waals surface area contributed by atoms with E-state index in [1.807, 2.05) is 9.47 Å². The molecule has 2 amide bonds. The summed E-state index contributed by atoms with van der Waals surface area (Å²) in [6.45, 7) is 4.01. The summed E-state index contributed by atoms with van der Waals surface area (Å²) < 4.78 is 2.00. The minimum absolute atomic E-state index is 0.0105. The number of nitrogens with zero attached hydrogens (tertiary/aromatic N) is 4. The van der Waals surface area contributed by atoms with Crippen LogP contribution in [0.2, 0.25) is 0 Å². The van der Waals surface area contributed by atoms with Gasteiger partial charge in [0.1, 0.15) is 5.69 Å². The van der Waals surface area contributed by atoms with Gasteiger partial charge in [0.05, 0.1) is 5.69 Å². The molecule has 0 aromatic carbocycles. The number of fused-ring (bicyclic) bond motifs is 1. The second kappa shape index (κ2) is 7.39. The molecule has 0 spiro atoms. The van der Waals surface area contributed by atoms with Gasteiger partial charge in [0, 0.05) is 38.8 Å². The van der Waals surface area contributed by atoms with Crippen LogP contribution in [0.1, 0.15) is 65.3 Å². The Bertz CT molecular complexity index is 684. The van der Waals surface area contributed by atoms with E-state index < -0.39 is 0 Å². The zero-order valence-corrected chi connectivity index (χ0v) is 15.7. The average Bonchev–Trinajstić information content (AvgIpc) is 3.29. The fraction of sp³-hybridized carbons (Fsp3) is 0.737. The molecule has 3 heterocycles. The predicted octanol–water partition coefficient (Wildman–Crippen LogP) is 1.28. The van der Waals surface area contributed by atoms with Gasteiger partial charge in [0.15, 0.2) is 5.82 Å². The lowest BCUT2D eigenvalue weighted by Gasteiger charge is -2.32. The minimum atomic E-state index is -0.113. The molecule has 1 aromatic rings. The maximum Gasteiger partial charge on any atom is 0.287 e. The lowest BCUT2D eigenvalue weighted by Crippen LogP contribution is -2.47. The summed E-state index contributed by atoms with van der Waals surface area (Å²) in [4.78, 5) is 34.5. The van der Waals surface area contributed by atoms with Gasteiger partial charge in [-0.3, -0.25) is 9.59 Å². The number of rotatable bonds is 3. The highest BCUT2D eigenvalue weighted by atomic mass is 16.2. The SMILES string of the molecule is CN1CCN(C(=O)c2nc(C(=O)NC3CCCC3)n3c2CCCC3)CC1. The lowest BCUT2D eigenvalue weighted by atomic mass is 10.1. The van der Waals surface area contributed by atoms with Crippen LogP contribution in [0, 0.1) is 0 Å². The molecule has 1 saturated carbocycles. The van der Waals surface area contributed by atoms with Gasteiger partial charge in [-0.25, -0.2) is 4.98 Å². The Morgan fingerprint density at radius 1 is 1.00 bits per heavy atom. The van der Waals surface area contributed by atoms with Crippen LogP contribution in [0.5, 0.6) is 0 Å². The number of piperazine rings is 1. The van der Waals surface area contributed by atoms with E-state index in [9.17, 15) is 9.59 Å². The van der Waals surface area contributed by atoms with Gasteiger partial charge in [-0.05, 0) is 39.2 Å². The Kier molecular flexibility index (Phi) is 4.98. The maximum atomic E-state index is 13.1. The van der Waals surface area contributed by atoms with Crippen molar-refractivity contribution >= 4 is 11.8 Å². The number of carbonyl (C=O) groups excluding carboxylic acids is 2.